The number of carbonyl (C=O) groups excluding carboxylic acids is 1. The Bertz CT molecular complexity index is 971. The lowest BCUT2D eigenvalue weighted by molar-refractivity contribution is 0.0799. The van der Waals surface area contributed by atoms with Crippen LogP contribution in [0.5, 0.6) is 5.75 Å². The lowest BCUT2D eigenvalue weighted by Gasteiger charge is -2.19. The number of allylic oxidation sites excluding steroid dienone is 2. The fraction of sp³-hybridized carbons (Fsp3) is 0.381. The minimum absolute atomic E-state index is 0.0432. The van der Waals surface area contributed by atoms with Crippen LogP contribution in [0.1, 0.15) is 37.0 Å². The Morgan fingerprint density at radius 3 is 2.83 bits per heavy atom. The molecule has 0 saturated carbocycles. The van der Waals surface area contributed by atoms with Gasteiger partial charge in [0.05, 0.1) is 41.7 Å². The van der Waals surface area contributed by atoms with E-state index in [9.17, 15) is 9.18 Å². The molecule has 0 bridgehead atoms. The van der Waals surface area contributed by atoms with Crippen LogP contribution in [-0.2, 0) is 0 Å². The molecule has 2 heterocycles. The molecule has 30 heavy (non-hydrogen) atoms. The van der Waals surface area contributed by atoms with Crippen LogP contribution in [0.15, 0.2) is 45.3 Å². The highest BCUT2D eigenvalue weighted by Gasteiger charge is 2.31. The van der Waals surface area contributed by atoms with Crippen molar-refractivity contribution in [2.45, 2.75) is 26.7 Å². The van der Waals surface area contributed by atoms with E-state index in [1.807, 2.05) is 6.92 Å². The van der Waals surface area contributed by atoms with Gasteiger partial charge in [0.2, 0.25) is 0 Å². The van der Waals surface area contributed by atoms with E-state index >= 15 is 0 Å². The number of nitrogens with zero attached hydrogens (tertiary/aromatic N) is 2. The second-order valence-corrected chi connectivity index (χ2v) is 7.53. The van der Waals surface area contributed by atoms with Crippen LogP contribution in [0, 0.1) is 11.2 Å². The summed E-state index contributed by atoms with van der Waals surface area (Å²) in [5.74, 6) is -0.194. The summed E-state index contributed by atoms with van der Waals surface area (Å²) in [5.41, 5.74) is 2.50. The van der Waals surface area contributed by atoms with E-state index in [1.54, 1.807) is 6.92 Å². The molecular formula is C21H24ClFN4O3. The summed E-state index contributed by atoms with van der Waals surface area (Å²) in [6.07, 6.45) is 1.15. The van der Waals surface area contributed by atoms with E-state index in [0.29, 0.717) is 35.0 Å². The first kappa shape index (κ1) is 22.0. The highest BCUT2D eigenvalue weighted by atomic mass is 35.5. The average molecular weight is 435 g/mol. The molecule has 2 aliphatic rings. The van der Waals surface area contributed by atoms with Crippen LogP contribution in [0.3, 0.4) is 0 Å². The van der Waals surface area contributed by atoms with Gasteiger partial charge in [-0.05, 0) is 38.8 Å². The molecule has 0 radical (unpaired) electrons. The smallest absolute Gasteiger partial charge is 0.258 e. The number of carbonyl (C=O) groups is 1. The molecule has 1 aromatic carbocycles. The van der Waals surface area contributed by atoms with Gasteiger partial charge in [-0.15, -0.1) is 0 Å². The maximum atomic E-state index is 13.7. The maximum absolute atomic E-state index is 13.7. The van der Waals surface area contributed by atoms with Gasteiger partial charge in [0.1, 0.15) is 17.4 Å². The van der Waals surface area contributed by atoms with Gasteiger partial charge in [-0.2, -0.15) is 0 Å². The van der Waals surface area contributed by atoms with E-state index in [-0.39, 0.29) is 49.2 Å². The van der Waals surface area contributed by atoms with Gasteiger partial charge in [0.15, 0.2) is 0 Å². The van der Waals surface area contributed by atoms with E-state index < -0.39 is 5.82 Å². The molecule has 1 amide bonds. The third-order valence-corrected chi connectivity index (χ3v) is 5.41. The van der Waals surface area contributed by atoms with E-state index in [2.05, 4.69) is 10.3 Å². The standard InChI is InChI=1S/C21H24ClFN4O3/c1-12-19(22)13(2)26-20(25-12)16-10-27(11-17(16)24)21(29)15-6-5-14(23)9-18(15)30-8-4-3-7-28/h5-6,9,24-25,28H,3-4,7-8,10-11H2,1-2H3/b20-16+,24-17?. The molecule has 0 aromatic heterocycles. The molecule has 9 heteroatoms. The van der Waals surface area contributed by atoms with Crippen molar-refractivity contribution in [3.63, 3.8) is 0 Å². The first-order chi connectivity index (χ1) is 14.3. The summed E-state index contributed by atoms with van der Waals surface area (Å²) in [7, 11) is 0. The molecule has 7 nitrogen and oxygen atoms in total. The van der Waals surface area contributed by atoms with Gasteiger partial charge in [0, 0.05) is 23.9 Å². The molecule has 0 spiro atoms. The zero-order valence-electron chi connectivity index (χ0n) is 16.9. The Balaban J connectivity index is 1.81. The van der Waals surface area contributed by atoms with Crippen LogP contribution in [0.2, 0.25) is 0 Å². The van der Waals surface area contributed by atoms with E-state index in [0.717, 1.165) is 5.70 Å². The SMILES string of the molecule is CC1=N/C(=C2\CN(C(=O)c3ccc(F)cc3OCCCCO)CC2=N)NC(C)=C1Cl. The van der Waals surface area contributed by atoms with Crippen molar-refractivity contribution >= 4 is 28.9 Å². The summed E-state index contributed by atoms with van der Waals surface area (Å²) in [6.45, 7) is 4.23. The second kappa shape index (κ2) is 9.40. The molecule has 1 saturated heterocycles. The summed E-state index contributed by atoms with van der Waals surface area (Å²) in [5, 5.41) is 20.8. The van der Waals surface area contributed by atoms with Crippen molar-refractivity contribution in [1.29, 1.82) is 5.41 Å². The lowest BCUT2D eigenvalue weighted by Crippen LogP contribution is -2.29. The number of unbranched alkanes of at least 4 members (excludes halogenated alkanes) is 1. The van der Waals surface area contributed by atoms with Gasteiger partial charge >= 0.3 is 0 Å². The third kappa shape index (κ3) is 4.71. The highest BCUT2D eigenvalue weighted by Crippen LogP contribution is 2.27. The first-order valence-electron chi connectivity index (χ1n) is 9.64. The van der Waals surface area contributed by atoms with Gasteiger partial charge < -0.3 is 25.5 Å². The third-order valence-electron chi connectivity index (χ3n) is 4.85. The molecule has 1 fully saturated rings. The molecule has 3 N–H and O–H groups in total. The van der Waals surface area contributed by atoms with Crippen LogP contribution >= 0.6 is 11.6 Å². The van der Waals surface area contributed by atoms with Crippen molar-refractivity contribution < 1.29 is 19.0 Å². The molecule has 0 unspecified atom stereocenters. The number of nitrogens with one attached hydrogen (secondary N) is 2. The molecule has 2 aliphatic heterocycles. The predicted molar refractivity (Wildman–Crippen MR) is 114 cm³/mol. The number of aliphatic hydroxyl groups excluding tert-OH is 1. The largest absolute Gasteiger partial charge is 0.493 e. The Hall–Kier alpha value is -2.71. The number of hydrogen-bond donors (Lipinski definition) is 3. The maximum Gasteiger partial charge on any atom is 0.258 e. The number of benzene rings is 1. The van der Waals surface area contributed by atoms with Gasteiger partial charge in [-0.3, -0.25) is 4.79 Å². The van der Waals surface area contributed by atoms with Gasteiger partial charge in [0.25, 0.3) is 5.91 Å². The molecule has 0 atom stereocenters. The Morgan fingerprint density at radius 2 is 2.13 bits per heavy atom. The van der Waals surface area contributed by atoms with E-state index in [4.69, 9.17) is 26.9 Å². The molecular weight excluding hydrogens is 411 g/mol. The minimum atomic E-state index is -0.504. The van der Waals surface area contributed by atoms with Crippen LogP contribution in [0.4, 0.5) is 4.39 Å². The first-order valence-corrected chi connectivity index (χ1v) is 10.0. The Morgan fingerprint density at radius 1 is 1.37 bits per heavy atom. The number of likely N-dealkylation sites (tertiary alicyclic amines) is 1. The Labute approximate surface area is 179 Å². The number of hydrogen-bond acceptors (Lipinski definition) is 6. The van der Waals surface area contributed by atoms with Crippen LogP contribution in [0.25, 0.3) is 0 Å². The van der Waals surface area contributed by atoms with Crippen LogP contribution in [-0.4, -0.2) is 53.6 Å². The van der Waals surface area contributed by atoms with Crippen molar-refractivity contribution in [2.75, 3.05) is 26.3 Å². The number of aliphatic hydroxyl groups is 1. The van der Waals surface area contributed by atoms with Gasteiger partial charge in [-0.25, -0.2) is 9.38 Å². The number of rotatable bonds is 6. The topological polar surface area (TPSA) is 98.0 Å². The molecule has 0 aliphatic carbocycles. The van der Waals surface area contributed by atoms with Crippen molar-refractivity contribution in [3.8, 4) is 5.75 Å². The van der Waals surface area contributed by atoms with E-state index in [1.165, 1.54) is 23.1 Å². The molecule has 1 aromatic rings. The summed E-state index contributed by atoms with van der Waals surface area (Å²) < 4.78 is 19.3. The quantitative estimate of drug-likeness (QED) is 0.599. The summed E-state index contributed by atoms with van der Waals surface area (Å²) >= 11 is 6.16. The monoisotopic (exact) mass is 434 g/mol. The van der Waals surface area contributed by atoms with Gasteiger partial charge in [-0.1, -0.05) is 11.6 Å². The predicted octanol–water partition coefficient (Wildman–Crippen LogP) is 3.20. The fourth-order valence-electron chi connectivity index (χ4n) is 3.24. The highest BCUT2D eigenvalue weighted by molar-refractivity contribution is 6.43. The summed E-state index contributed by atoms with van der Waals surface area (Å²) in [4.78, 5) is 19.0. The van der Waals surface area contributed by atoms with Crippen molar-refractivity contribution in [2.24, 2.45) is 4.99 Å². The number of aliphatic imine (C=N–C) groups is 1. The molecule has 3 rings (SSSR count). The number of halogens is 2. The van der Waals surface area contributed by atoms with Crippen LogP contribution < -0.4 is 10.1 Å². The Kier molecular flexibility index (Phi) is 6.89. The molecule has 160 valence electrons. The summed E-state index contributed by atoms with van der Waals surface area (Å²) in [6, 6.07) is 3.78. The lowest BCUT2D eigenvalue weighted by atomic mass is 10.1. The second-order valence-electron chi connectivity index (χ2n) is 7.15. The number of ether oxygens (including phenoxy) is 1. The number of amides is 1. The normalized spacial score (nSPS) is 19.2. The zero-order chi connectivity index (χ0) is 21.8. The fourth-order valence-corrected chi connectivity index (χ4v) is 3.33. The zero-order valence-corrected chi connectivity index (χ0v) is 17.6. The van der Waals surface area contributed by atoms with Crippen molar-refractivity contribution in [1.82, 2.24) is 10.2 Å². The average Bonchev–Trinajstić information content (AvgIpc) is 3.10. The minimum Gasteiger partial charge on any atom is -0.493 e. The van der Waals surface area contributed by atoms with Crippen molar-refractivity contribution in [3.05, 3.63) is 51.7 Å².